The van der Waals surface area contributed by atoms with Crippen molar-refractivity contribution in [3.05, 3.63) is 149 Å². The van der Waals surface area contributed by atoms with Crippen molar-refractivity contribution in [2.75, 3.05) is 14.1 Å². The lowest BCUT2D eigenvalue weighted by molar-refractivity contribution is 0.0856. The third kappa shape index (κ3) is 5.47. The van der Waals surface area contributed by atoms with Crippen LogP contribution in [0.15, 0.2) is 127 Å². The topological polar surface area (TPSA) is 40.6 Å². The largest absolute Gasteiger partial charge is 0.304 e. The minimum absolute atomic E-state index is 0.165. The van der Waals surface area contributed by atoms with E-state index in [1.807, 2.05) is 97.1 Å². The minimum Gasteiger partial charge on any atom is -0.304 e. The summed E-state index contributed by atoms with van der Waals surface area (Å²) >= 11 is 0. The maximum atomic E-state index is 13.4. The highest BCUT2D eigenvalue weighted by Crippen LogP contribution is 2.25. The van der Waals surface area contributed by atoms with E-state index in [1.54, 1.807) is 48.2 Å². The normalized spacial score (nSPS) is 10.1. The molecule has 0 radical (unpaired) electrons. The average molecular weight is 459 g/mol. The van der Waals surface area contributed by atoms with Gasteiger partial charge in [-0.15, -0.1) is 0 Å². The highest BCUT2D eigenvalue weighted by atomic mass is 16.2. The van der Waals surface area contributed by atoms with Crippen molar-refractivity contribution in [1.82, 2.24) is 9.80 Å². The van der Waals surface area contributed by atoms with Gasteiger partial charge in [0, 0.05) is 36.3 Å². The molecule has 0 heterocycles. The van der Waals surface area contributed by atoms with Gasteiger partial charge >= 0.3 is 0 Å². The summed E-state index contributed by atoms with van der Waals surface area (Å²) in [5.74, 6) is -0.331. The molecule has 172 valence electrons. The second-order valence-electron chi connectivity index (χ2n) is 8.01. The molecule has 0 aliphatic heterocycles. The lowest BCUT2D eigenvalue weighted by atomic mass is 10.1. The van der Waals surface area contributed by atoms with Crippen LogP contribution < -0.4 is 0 Å². The molecule has 0 fully saturated rings. The number of carbonyl (C=O) groups is 2. The van der Waals surface area contributed by atoms with Gasteiger partial charge in [0.15, 0.2) is 0 Å². The smallest absolute Gasteiger partial charge is 0.258 e. The first-order chi connectivity index (χ1) is 17.1. The maximum Gasteiger partial charge on any atom is 0.258 e. The van der Waals surface area contributed by atoms with Crippen molar-refractivity contribution in [2.45, 2.75) is 0 Å². The molecule has 35 heavy (non-hydrogen) atoms. The first-order valence-electron chi connectivity index (χ1n) is 11.3. The highest BCUT2D eigenvalue weighted by Gasteiger charge is 2.20. The van der Waals surface area contributed by atoms with E-state index in [9.17, 15) is 9.59 Å². The fourth-order valence-electron chi connectivity index (χ4n) is 3.76. The minimum atomic E-state index is -0.165. The lowest BCUT2D eigenvalue weighted by Gasteiger charge is -2.23. The molecule has 4 aromatic rings. The third-order valence-corrected chi connectivity index (χ3v) is 5.65. The van der Waals surface area contributed by atoms with E-state index in [1.165, 1.54) is 0 Å². The van der Waals surface area contributed by atoms with Crippen LogP contribution in [0, 0.1) is 0 Å². The fourth-order valence-corrected chi connectivity index (χ4v) is 3.76. The van der Waals surface area contributed by atoms with Crippen molar-refractivity contribution in [1.29, 1.82) is 0 Å². The Labute approximate surface area is 206 Å². The highest BCUT2D eigenvalue weighted by molar-refractivity contribution is 6.02. The van der Waals surface area contributed by atoms with Crippen LogP contribution in [-0.4, -0.2) is 35.7 Å². The molecule has 4 heteroatoms. The maximum absolute atomic E-state index is 13.4. The number of nitrogens with zero attached hydrogens (tertiary/aromatic N) is 2. The quantitative estimate of drug-likeness (QED) is 0.322. The Balaban J connectivity index is 1.92. The van der Waals surface area contributed by atoms with E-state index in [0.29, 0.717) is 22.5 Å². The van der Waals surface area contributed by atoms with E-state index in [-0.39, 0.29) is 11.8 Å². The van der Waals surface area contributed by atoms with Gasteiger partial charge in [0.25, 0.3) is 11.8 Å². The van der Waals surface area contributed by atoms with Crippen LogP contribution in [0.4, 0.5) is 0 Å². The van der Waals surface area contributed by atoms with Gasteiger partial charge in [-0.25, -0.2) is 0 Å². The molecule has 0 saturated carbocycles. The Morgan fingerprint density at radius 1 is 0.457 bits per heavy atom. The van der Waals surface area contributed by atoms with Crippen LogP contribution in [0.5, 0.6) is 0 Å². The summed E-state index contributed by atoms with van der Waals surface area (Å²) in [7, 11) is 3.46. The first-order valence-corrected chi connectivity index (χ1v) is 11.3. The number of benzene rings is 4. The predicted octanol–water partition coefficient (Wildman–Crippen LogP) is 6.21. The molecule has 0 aliphatic rings. The van der Waals surface area contributed by atoms with Gasteiger partial charge in [0.2, 0.25) is 0 Å². The Bertz CT molecular complexity index is 1250. The molecule has 0 bridgehead atoms. The SMILES string of the molecule is CN(C(=O)c1ccccc1)C(=C=C(c1ccccc1)N(C)C(=O)c1ccccc1)c1ccccc1. The summed E-state index contributed by atoms with van der Waals surface area (Å²) in [6, 6.07) is 37.5. The number of hydrogen-bond donors (Lipinski definition) is 0. The molecule has 0 spiro atoms. The molecular formula is C31H26N2O2. The molecule has 4 rings (SSSR count). The number of hydrogen-bond acceptors (Lipinski definition) is 2. The van der Waals surface area contributed by atoms with Gasteiger partial charge in [-0.1, -0.05) is 103 Å². The van der Waals surface area contributed by atoms with E-state index >= 15 is 0 Å². The van der Waals surface area contributed by atoms with Crippen LogP contribution in [0.25, 0.3) is 11.4 Å². The van der Waals surface area contributed by atoms with Crippen LogP contribution in [0.3, 0.4) is 0 Å². The summed E-state index contributed by atoms with van der Waals surface area (Å²) in [6.45, 7) is 0. The molecule has 0 aromatic heterocycles. The fraction of sp³-hybridized carbons (Fsp3) is 0.0645. The standard InChI is InChI=1S/C31H26N2O2/c1-32(30(34)26-19-11-5-12-20-26)28(24-15-7-3-8-16-24)23-29(25-17-9-4-10-18-25)33(2)31(35)27-21-13-6-14-22-27/h3-22H,1-2H3. The zero-order valence-electron chi connectivity index (χ0n) is 19.8. The average Bonchev–Trinajstić information content (AvgIpc) is 2.94. The van der Waals surface area contributed by atoms with E-state index in [4.69, 9.17) is 0 Å². The van der Waals surface area contributed by atoms with E-state index < -0.39 is 0 Å². The number of rotatable bonds is 6. The van der Waals surface area contributed by atoms with Crippen molar-refractivity contribution in [3.8, 4) is 0 Å². The van der Waals surface area contributed by atoms with E-state index in [0.717, 1.165) is 11.1 Å². The van der Waals surface area contributed by atoms with E-state index in [2.05, 4.69) is 5.73 Å². The number of carbonyl (C=O) groups excluding carboxylic acids is 2. The van der Waals surface area contributed by atoms with Gasteiger partial charge in [-0.3, -0.25) is 9.59 Å². The monoisotopic (exact) mass is 458 g/mol. The van der Waals surface area contributed by atoms with Crippen molar-refractivity contribution in [3.63, 3.8) is 0 Å². The molecule has 0 saturated heterocycles. The Hall–Kier alpha value is -4.66. The van der Waals surface area contributed by atoms with Crippen LogP contribution in [0.1, 0.15) is 31.8 Å². The zero-order valence-corrected chi connectivity index (χ0v) is 19.8. The molecule has 0 N–H and O–H groups in total. The van der Waals surface area contributed by atoms with Crippen molar-refractivity contribution < 1.29 is 9.59 Å². The first kappa shape index (κ1) is 23.5. The zero-order chi connectivity index (χ0) is 24.6. The van der Waals surface area contributed by atoms with Crippen LogP contribution in [-0.2, 0) is 0 Å². The van der Waals surface area contributed by atoms with Gasteiger partial charge in [-0.2, -0.15) is 0 Å². The third-order valence-electron chi connectivity index (χ3n) is 5.65. The summed E-state index contributed by atoms with van der Waals surface area (Å²) in [6.07, 6.45) is 0. The molecule has 4 nitrogen and oxygen atoms in total. The van der Waals surface area contributed by atoms with Crippen LogP contribution >= 0.6 is 0 Å². The molecule has 2 amide bonds. The Morgan fingerprint density at radius 2 is 0.714 bits per heavy atom. The Kier molecular flexibility index (Phi) is 7.37. The summed E-state index contributed by atoms with van der Waals surface area (Å²) < 4.78 is 0. The predicted molar refractivity (Wildman–Crippen MR) is 140 cm³/mol. The molecular weight excluding hydrogens is 432 g/mol. The molecule has 4 aromatic carbocycles. The van der Waals surface area contributed by atoms with Gasteiger partial charge in [0.05, 0.1) is 11.4 Å². The second kappa shape index (κ2) is 11.0. The summed E-state index contributed by atoms with van der Waals surface area (Å²) in [4.78, 5) is 29.9. The van der Waals surface area contributed by atoms with Crippen molar-refractivity contribution >= 4 is 23.2 Å². The van der Waals surface area contributed by atoms with Crippen molar-refractivity contribution in [2.24, 2.45) is 0 Å². The lowest BCUT2D eigenvalue weighted by Crippen LogP contribution is -2.27. The second-order valence-corrected chi connectivity index (χ2v) is 8.01. The van der Waals surface area contributed by atoms with Gasteiger partial charge in [0.1, 0.15) is 0 Å². The Morgan fingerprint density at radius 3 is 1.00 bits per heavy atom. The number of amides is 2. The molecule has 0 aliphatic carbocycles. The van der Waals surface area contributed by atoms with Gasteiger partial charge < -0.3 is 9.80 Å². The van der Waals surface area contributed by atoms with Gasteiger partial charge in [-0.05, 0) is 24.3 Å². The molecule has 0 unspecified atom stereocenters. The van der Waals surface area contributed by atoms with Crippen LogP contribution in [0.2, 0.25) is 0 Å². The molecule has 0 atom stereocenters. The summed E-state index contributed by atoms with van der Waals surface area (Å²) in [5.41, 5.74) is 7.32. The summed E-state index contributed by atoms with van der Waals surface area (Å²) in [5, 5.41) is 0.